The lowest BCUT2D eigenvalue weighted by molar-refractivity contribution is 0.251. The number of aromatic nitrogens is 3. The number of nitrogens with zero attached hydrogens (tertiary/aromatic N) is 2. The van der Waals surface area contributed by atoms with Gasteiger partial charge < -0.3 is 16.4 Å². The van der Waals surface area contributed by atoms with Gasteiger partial charge >= 0.3 is 6.03 Å². The molecule has 7 nitrogen and oxygen atoms in total. The van der Waals surface area contributed by atoms with Crippen molar-refractivity contribution in [1.82, 2.24) is 20.5 Å². The number of hydrogen-bond acceptors (Lipinski definition) is 4. The minimum absolute atomic E-state index is 0.279. The first kappa shape index (κ1) is 18.2. The fourth-order valence-corrected chi connectivity index (χ4v) is 3.02. The van der Waals surface area contributed by atoms with E-state index in [0.717, 1.165) is 27.9 Å². The van der Waals surface area contributed by atoms with Gasteiger partial charge in [-0.3, -0.25) is 10.1 Å². The van der Waals surface area contributed by atoms with Crippen LogP contribution in [0.1, 0.15) is 5.56 Å². The lowest BCUT2D eigenvalue weighted by Crippen LogP contribution is -2.28. The number of aromatic amines is 1. The summed E-state index contributed by atoms with van der Waals surface area (Å²) in [5.41, 5.74) is 11.9. The van der Waals surface area contributed by atoms with E-state index in [1.807, 2.05) is 36.4 Å². The number of amides is 2. The molecule has 0 saturated heterocycles. The van der Waals surface area contributed by atoms with Gasteiger partial charge in [0.05, 0.1) is 11.9 Å². The Kier molecular flexibility index (Phi) is 5.20. The second kappa shape index (κ2) is 8.26. The Morgan fingerprint density at radius 3 is 2.59 bits per heavy atom. The van der Waals surface area contributed by atoms with Crippen LogP contribution < -0.4 is 16.4 Å². The highest BCUT2D eigenvalue weighted by Gasteiger charge is 2.10. The first-order valence-electron chi connectivity index (χ1n) is 9.12. The Bertz CT molecular complexity index is 1110. The topological polar surface area (TPSA) is 109 Å². The summed E-state index contributed by atoms with van der Waals surface area (Å²) in [6.07, 6.45) is 5.31. The van der Waals surface area contributed by atoms with Gasteiger partial charge in [-0.05, 0) is 53.6 Å². The average Bonchev–Trinajstić information content (AvgIpc) is 3.25. The van der Waals surface area contributed by atoms with E-state index >= 15 is 0 Å². The molecule has 0 aliphatic heterocycles. The SMILES string of the molecule is Nc1ccc(NC(=O)NCc2cccc(-c3[nH]ncc3-c3ccncc3)c2)cc1. The van der Waals surface area contributed by atoms with Crippen molar-refractivity contribution in [1.29, 1.82) is 0 Å². The molecular formula is C22H20N6O. The number of anilines is 2. The maximum absolute atomic E-state index is 12.1. The summed E-state index contributed by atoms with van der Waals surface area (Å²) >= 11 is 0. The standard InChI is InChI=1S/C22H20N6O/c23-18-4-6-19(7-5-18)27-22(29)25-13-15-2-1-3-17(12-15)21-20(14-26-28-21)16-8-10-24-11-9-16/h1-12,14H,13,23H2,(H,26,28)(H2,25,27,29). The number of pyridine rings is 1. The highest BCUT2D eigenvalue weighted by Crippen LogP contribution is 2.30. The van der Waals surface area contributed by atoms with E-state index in [4.69, 9.17) is 5.73 Å². The summed E-state index contributed by atoms with van der Waals surface area (Å²) in [6.45, 7) is 0.396. The summed E-state index contributed by atoms with van der Waals surface area (Å²) < 4.78 is 0. The quantitative estimate of drug-likeness (QED) is 0.389. The molecule has 4 rings (SSSR count). The number of carbonyl (C=O) groups excluding carboxylic acids is 1. The zero-order valence-corrected chi connectivity index (χ0v) is 15.6. The van der Waals surface area contributed by atoms with Crippen LogP contribution in [0.3, 0.4) is 0 Å². The normalized spacial score (nSPS) is 10.5. The van der Waals surface area contributed by atoms with E-state index < -0.39 is 0 Å². The number of hydrogen-bond donors (Lipinski definition) is 4. The lowest BCUT2D eigenvalue weighted by Gasteiger charge is -2.09. The third-order valence-corrected chi connectivity index (χ3v) is 4.47. The van der Waals surface area contributed by atoms with Crippen molar-refractivity contribution in [2.45, 2.75) is 6.54 Å². The number of carbonyl (C=O) groups is 1. The first-order chi connectivity index (χ1) is 14.2. The van der Waals surface area contributed by atoms with Crippen molar-refractivity contribution in [3.05, 3.63) is 84.8 Å². The predicted molar refractivity (Wildman–Crippen MR) is 114 cm³/mol. The van der Waals surface area contributed by atoms with E-state index in [1.165, 1.54) is 0 Å². The smallest absolute Gasteiger partial charge is 0.319 e. The number of benzene rings is 2. The average molecular weight is 384 g/mol. The Hall–Kier alpha value is -4.13. The molecule has 0 atom stereocenters. The summed E-state index contributed by atoms with van der Waals surface area (Å²) in [5.74, 6) is 0. The van der Waals surface area contributed by atoms with Crippen LogP contribution in [0.4, 0.5) is 16.2 Å². The van der Waals surface area contributed by atoms with Crippen LogP contribution in [0.15, 0.2) is 79.3 Å². The molecule has 2 amide bonds. The van der Waals surface area contributed by atoms with Gasteiger partial charge in [-0.25, -0.2) is 4.79 Å². The summed E-state index contributed by atoms with van der Waals surface area (Å²) in [7, 11) is 0. The van der Waals surface area contributed by atoms with E-state index in [0.29, 0.717) is 17.9 Å². The van der Waals surface area contributed by atoms with Gasteiger partial charge in [-0.15, -0.1) is 0 Å². The van der Waals surface area contributed by atoms with Crippen molar-refractivity contribution >= 4 is 17.4 Å². The molecule has 4 aromatic rings. The minimum atomic E-state index is -0.279. The molecule has 0 aliphatic rings. The fourth-order valence-electron chi connectivity index (χ4n) is 3.02. The van der Waals surface area contributed by atoms with Crippen LogP contribution >= 0.6 is 0 Å². The Morgan fingerprint density at radius 1 is 1.00 bits per heavy atom. The molecule has 0 fully saturated rings. The molecule has 2 aromatic heterocycles. The van der Waals surface area contributed by atoms with Crippen molar-refractivity contribution in [3.63, 3.8) is 0 Å². The highest BCUT2D eigenvalue weighted by atomic mass is 16.2. The van der Waals surface area contributed by atoms with Crippen LogP contribution in [0, 0.1) is 0 Å². The molecule has 2 aromatic carbocycles. The Balaban J connectivity index is 1.45. The number of nitrogen functional groups attached to an aromatic ring is 1. The van der Waals surface area contributed by atoms with Crippen LogP contribution in [0.2, 0.25) is 0 Å². The largest absolute Gasteiger partial charge is 0.399 e. The molecule has 0 aliphatic carbocycles. The van der Waals surface area contributed by atoms with Crippen molar-refractivity contribution < 1.29 is 4.79 Å². The summed E-state index contributed by atoms with van der Waals surface area (Å²) in [6, 6.07) is 18.6. The Labute approximate surface area is 168 Å². The van der Waals surface area contributed by atoms with Crippen molar-refractivity contribution in [2.75, 3.05) is 11.1 Å². The zero-order chi connectivity index (χ0) is 20.1. The molecule has 7 heteroatoms. The third kappa shape index (κ3) is 4.41. The molecule has 29 heavy (non-hydrogen) atoms. The van der Waals surface area contributed by atoms with Crippen molar-refractivity contribution in [3.8, 4) is 22.4 Å². The number of nitrogens with two attached hydrogens (primary N) is 1. The van der Waals surface area contributed by atoms with Gasteiger partial charge in [0.25, 0.3) is 0 Å². The second-order valence-corrected chi connectivity index (χ2v) is 6.52. The number of H-pyrrole nitrogens is 1. The second-order valence-electron chi connectivity index (χ2n) is 6.52. The molecule has 5 N–H and O–H groups in total. The van der Waals surface area contributed by atoms with Gasteiger partial charge in [-0.1, -0.05) is 18.2 Å². The molecule has 0 saturated carbocycles. The summed E-state index contributed by atoms with van der Waals surface area (Å²) in [5, 5.41) is 12.9. The molecule has 144 valence electrons. The molecule has 0 unspecified atom stereocenters. The van der Waals surface area contributed by atoms with Gasteiger partial charge in [0, 0.05) is 41.4 Å². The van der Waals surface area contributed by atoms with Crippen LogP contribution in [-0.4, -0.2) is 21.2 Å². The Morgan fingerprint density at radius 2 is 1.79 bits per heavy atom. The highest BCUT2D eigenvalue weighted by molar-refractivity contribution is 5.89. The van der Waals surface area contributed by atoms with Crippen LogP contribution in [-0.2, 0) is 6.54 Å². The maximum atomic E-state index is 12.1. The molecule has 0 radical (unpaired) electrons. The van der Waals surface area contributed by atoms with E-state index in [1.54, 1.807) is 42.9 Å². The van der Waals surface area contributed by atoms with Gasteiger partial charge in [0.1, 0.15) is 0 Å². The minimum Gasteiger partial charge on any atom is -0.399 e. The third-order valence-electron chi connectivity index (χ3n) is 4.47. The van der Waals surface area contributed by atoms with E-state index in [-0.39, 0.29) is 6.03 Å². The van der Waals surface area contributed by atoms with E-state index in [9.17, 15) is 4.79 Å². The van der Waals surface area contributed by atoms with Crippen LogP contribution in [0.5, 0.6) is 0 Å². The number of rotatable bonds is 5. The van der Waals surface area contributed by atoms with Crippen molar-refractivity contribution in [2.24, 2.45) is 0 Å². The zero-order valence-electron chi connectivity index (χ0n) is 15.6. The van der Waals surface area contributed by atoms with Crippen LogP contribution in [0.25, 0.3) is 22.4 Å². The molecule has 2 heterocycles. The van der Waals surface area contributed by atoms with Gasteiger partial charge in [0.15, 0.2) is 0 Å². The molecular weight excluding hydrogens is 364 g/mol. The van der Waals surface area contributed by atoms with Gasteiger partial charge in [-0.2, -0.15) is 5.10 Å². The number of urea groups is 1. The number of nitrogens with one attached hydrogen (secondary N) is 3. The molecule has 0 spiro atoms. The maximum Gasteiger partial charge on any atom is 0.319 e. The van der Waals surface area contributed by atoms with E-state index in [2.05, 4.69) is 25.8 Å². The predicted octanol–water partition coefficient (Wildman–Crippen LogP) is 4.04. The van der Waals surface area contributed by atoms with Gasteiger partial charge in [0.2, 0.25) is 0 Å². The fraction of sp³-hybridized carbons (Fsp3) is 0.0455. The monoisotopic (exact) mass is 384 g/mol. The first-order valence-corrected chi connectivity index (χ1v) is 9.12. The molecule has 0 bridgehead atoms. The summed E-state index contributed by atoms with van der Waals surface area (Å²) in [4.78, 5) is 16.2. The lowest BCUT2D eigenvalue weighted by atomic mass is 10.0.